The number of carbonyl (C=O) groups excluding carboxylic acids is 1. The van der Waals surface area contributed by atoms with Gasteiger partial charge in [-0.2, -0.15) is 0 Å². The first-order valence-corrected chi connectivity index (χ1v) is 6.56. The summed E-state index contributed by atoms with van der Waals surface area (Å²) in [6.45, 7) is 2.71. The van der Waals surface area contributed by atoms with E-state index in [0.717, 1.165) is 0 Å². The van der Waals surface area contributed by atoms with Crippen LogP contribution in [-0.4, -0.2) is 59.5 Å². The van der Waals surface area contributed by atoms with Crippen LogP contribution in [0.15, 0.2) is 24.3 Å². The highest BCUT2D eigenvalue weighted by molar-refractivity contribution is 5.94. The van der Waals surface area contributed by atoms with Gasteiger partial charge in [0, 0.05) is 32.7 Å². The Bertz CT molecular complexity index is 505. The molecule has 1 aromatic carbocycles. The fraction of sp³-hybridized carbons (Fsp3) is 0.429. The number of carboxylic acids is 1. The molecular formula is C14H18ClFN2O3. The topological polar surface area (TPSA) is 60.9 Å². The quantitative estimate of drug-likeness (QED) is 0.914. The van der Waals surface area contributed by atoms with Crippen LogP contribution >= 0.6 is 12.4 Å². The Labute approximate surface area is 128 Å². The molecule has 116 valence electrons. The van der Waals surface area contributed by atoms with Crippen LogP contribution in [0, 0.1) is 5.82 Å². The summed E-state index contributed by atoms with van der Waals surface area (Å²) in [4.78, 5) is 26.3. The van der Waals surface area contributed by atoms with Crippen molar-refractivity contribution in [1.29, 1.82) is 0 Å². The number of carboxylic acid groups (broad SMARTS) is 1. The zero-order valence-electron chi connectivity index (χ0n) is 11.5. The molecule has 1 aliphatic heterocycles. The van der Waals surface area contributed by atoms with E-state index >= 15 is 0 Å². The molecule has 1 aromatic rings. The number of nitrogens with zero attached hydrogens (tertiary/aromatic N) is 2. The van der Waals surface area contributed by atoms with E-state index < -0.39 is 11.8 Å². The van der Waals surface area contributed by atoms with Crippen LogP contribution in [0.25, 0.3) is 0 Å². The van der Waals surface area contributed by atoms with Crippen molar-refractivity contribution in [3.63, 3.8) is 0 Å². The molecular weight excluding hydrogens is 299 g/mol. The highest BCUT2D eigenvalue weighted by Gasteiger charge is 2.23. The number of hydrogen-bond donors (Lipinski definition) is 1. The minimum absolute atomic E-state index is 0. The van der Waals surface area contributed by atoms with E-state index in [0.29, 0.717) is 32.7 Å². The molecule has 5 nitrogen and oxygen atoms in total. The van der Waals surface area contributed by atoms with Crippen LogP contribution in [0.4, 0.5) is 4.39 Å². The van der Waals surface area contributed by atoms with Crippen molar-refractivity contribution in [2.75, 3.05) is 32.7 Å². The van der Waals surface area contributed by atoms with Gasteiger partial charge in [0.05, 0.1) is 12.0 Å². The van der Waals surface area contributed by atoms with E-state index in [4.69, 9.17) is 5.11 Å². The molecule has 0 atom stereocenters. The Kier molecular flexibility index (Phi) is 6.58. The minimum Gasteiger partial charge on any atom is -0.481 e. The van der Waals surface area contributed by atoms with E-state index in [1.165, 1.54) is 12.1 Å². The fourth-order valence-electron chi connectivity index (χ4n) is 2.23. The van der Waals surface area contributed by atoms with Gasteiger partial charge < -0.3 is 10.0 Å². The summed E-state index contributed by atoms with van der Waals surface area (Å²) in [6, 6.07) is 5.94. The van der Waals surface area contributed by atoms with Gasteiger partial charge in [0.15, 0.2) is 0 Å². The average Bonchev–Trinajstić information content (AvgIpc) is 2.45. The van der Waals surface area contributed by atoms with Crippen molar-refractivity contribution in [2.45, 2.75) is 6.42 Å². The third-order valence-electron chi connectivity index (χ3n) is 3.41. The Morgan fingerprint density at radius 1 is 1.14 bits per heavy atom. The number of carbonyl (C=O) groups is 2. The molecule has 1 amide bonds. The van der Waals surface area contributed by atoms with E-state index in [-0.39, 0.29) is 30.3 Å². The van der Waals surface area contributed by atoms with Gasteiger partial charge in [-0.25, -0.2) is 4.39 Å². The second kappa shape index (κ2) is 7.95. The Hall–Kier alpha value is -1.66. The molecule has 7 heteroatoms. The van der Waals surface area contributed by atoms with Crippen molar-refractivity contribution in [3.8, 4) is 0 Å². The predicted molar refractivity (Wildman–Crippen MR) is 78.2 cm³/mol. The number of benzene rings is 1. The lowest BCUT2D eigenvalue weighted by molar-refractivity contribution is -0.137. The molecule has 1 heterocycles. The number of rotatable bonds is 4. The number of amides is 1. The van der Waals surface area contributed by atoms with Crippen LogP contribution in [-0.2, 0) is 4.79 Å². The van der Waals surface area contributed by atoms with Gasteiger partial charge in [-0.15, -0.1) is 12.4 Å². The van der Waals surface area contributed by atoms with E-state index in [1.807, 2.05) is 4.90 Å². The first kappa shape index (κ1) is 17.4. The molecule has 0 aliphatic carbocycles. The van der Waals surface area contributed by atoms with Gasteiger partial charge in [0.2, 0.25) is 0 Å². The summed E-state index contributed by atoms with van der Waals surface area (Å²) in [6.07, 6.45) is 0.0985. The molecule has 2 rings (SSSR count). The molecule has 0 unspecified atom stereocenters. The third kappa shape index (κ3) is 4.68. The molecule has 1 fully saturated rings. The molecule has 0 saturated carbocycles. The van der Waals surface area contributed by atoms with Gasteiger partial charge in [-0.05, 0) is 12.1 Å². The Morgan fingerprint density at radius 3 is 2.33 bits per heavy atom. The van der Waals surface area contributed by atoms with Gasteiger partial charge >= 0.3 is 5.97 Å². The molecule has 0 aromatic heterocycles. The summed E-state index contributed by atoms with van der Waals surface area (Å²) in [7, 11) is 0. The fourth-order valence-corrected chi connectivity index (χ4v) is 2.23. The Balaban J connectivity index is 0.00000220. The first-order valence-electron chi connectivity index (χ1n) is 6.56. The van der Waals surface area contributed by atoms with E-state index in [1.54, 1.807) is 17.0 Å². The lowest BCUT2D eigenvalue weighted by atomic mass is 10.1. The standard InChI is InChI=1S/C14H17FN2O3.ClH/c15-12-4-2-1-3-11(12)14(20)17-9-7-16(8-10-17)6-5-13(18)19;/h1-4H,5-10H2,(H,18,19);1H. The van der Waals surface area contributed by atoms with Crippen LogP contribution in [0.2, 0.25) is 0 Å². The normalized spacial score (nSPS) is 15.4. The summed E-state index contributed by atoms with van der Waals surface area (Å²) in [5, 5.41) is 8.63. The second-order valence-electron chi connectivity index (χ2n) is 4.76. The minimum atomic E-state index is -0.824. The molecule has 1 N–H and O–H groups in total. The number of piperazine rings is 1. The van der Waals surface area contributed by atoms with Crippen molar-refractivity contribution in [1.82, 2.24) is 9.80 Å². The molecule has 0 radical (unpaired) electrons. The summed E-state index contributed by atoms with van der Waals surface area (Å²) in [5.41, 5.74) is 0.0893. The molecule has 1 saturated heterocycles. The van der Waals surface area contributed by atoms with Crippen molar-refractivity contribution in [3.05, 3.63) is 35.6 Å². The third-order valence-corrected chi connectivity index (χ3v) is 3.41. The number of hydrogen-bond acceptors (Lipinski definition) is 3. The maximum Gasteiger partial charge on any atom is 0.304 e. The van der Waals surface area contributed by atoms with Crippen molar-refractivity contribution >= 4 is 24.3 Å². The first-order chi connectivity index (χ1) is 9.58. The second-order valence-corrected chi connectivity index (χ2v) is 4.76. The highest BCUT2D eigenvalue weighted by Crippen LogP contribution is 2.12. The van der Waals surface area contributed by atoms with E-state index in [9.17, 15) is 14.0 Å². The largest absolute Gasteiger partial charge is 0.481 e. The lowest BCUT2D eigenvalue weighted by Gasteiger charge is -2.34. The SMILES string of the molecule is Cl.O=C(O)CCN1CCN(C(=O)c2ccccc2F)CC1. The monoisotopic (exact) mass is 316 g/mol. The highest BCUT2D eigenvalue weighted by atomic mass is 35.5. The summed E-state index contributed by atoms with van der Waals surface area (Å²) in [5.74, 6) is -1.64. The van der Waals surface area contributed by atoms with Gasteiger partial charge in [0.1, 0.15) is 5.82 Å². The zero-order chi connectivity index (χ0) is 14.5. The Morgan fingerprint density at radius 2 is 1.76 bits per heavy atom. The maximum atomic E-state index is 13.6. The van der Waals surface area contributed by atoms with Gasteiger partial charge in [-0.1, -0.05) is 12.1 Å². The number of aliphatic carboxylic acids is 1. The van der Waals surface area contributed by atoms with E-state index in [2.05, 4.69) is 0 Å². The summed E-state index contributed by atoms with van der Waals surface area (Å²) >= 11 is 0. The average molecular weight is 317 g/mol. The van der Waals surface area contributed by atoms with Crippen LogP contribution in [0.1, 0.15) is 16.8 Å². The molecule has 0 bridgehead atoms. The van der Waals surface area contributed by atoms with Crippen molar-refractivity contribution in [2.24, 2.45) is 0 Å². The predicted octanol–water partition coefficient (Wildman–Crippen LogP) is 1.48. The van der Waals surface area contributed by atoms with Gasteiger partial charge in [0.25, 0.3) is 5.91 Å². The lowest BCUT2D eigenvalue weighted by Crippen LogP contribution is -2.49. The summed E-state index contributed by atoms with van der Waals surface area (Å²) < 4.78 is 13.6. The number of halogens is 2. The molecule has 0 spiro atoms. The van der Waals surface area contributed by atoms with Crippen molar-refractivity contribution < 1.29 is 19.1 Å². The van der Waals surface area contributed by atoms with Crippen LogP contribution in [0.5, 0.6) is 0 Å². The smallest absolute Gasteiger partial charge is 0.304 e. The van der Waals surface area contributed by atoms with Gasteiger partial charge in [-0.3, -0.25) is 14.5 Å². The molecule has 21 heavy (non-hydrogen) atoms. The zero-order valence-corrected chi connectivity index (χ0v) is 12.3. The molecule has 1 aliphatic rings. The van der Waals surface area contributed by atoms with Crippen LogP contribution in [0.3, 0.4) is 0 Å². The maximum absolute atomic E-state index is 13.6. The van der Waals surface area contributed by atoms with Crippen LogP contribution < -0.4 is 0 Å².